The van der Waals surface area contributed by atoms with Gasteiger partial charge >= 0.3 is 0 Å². The summed E-state index contributed by atoms with van der Waals surface area (Å²) in [4.78, 5) is 26.5. The molecule has 2 fully saturated rings. The largest absolute Gasteiger partial charge is 0.342 e. The highest BCUT2D eigenvalue weighted by atomic mass is 16.2. The van der Waals surface area contributed by atoms with Gasteiger partial charge in [0.15, 0.2) is 0 Å². The average molecular weight is 266 g/mol. The molecule has 1 aliphatic carbocycles. The van der Waals surface area contributed by atoms with E-state index in [9.17, 15) is 9.59 Å². The minimum Gasteiger partial charge on any atom is -0.342 e. The first kappa shape index (κ1) is 14.4. The van der Waals surface area contributed by atoms with Gasteiger partial charge in [0.25, 0.3) is 0 Å². The topological polar surface area (TPSA) is 49.4 Å². The molecule has 2 aliphatic rings. The first-order valence-electron chi connectivity index (χ1n) is 7.65. The highest BCUT2D eigenvalue weighted by molar-refractivity contribution is 5.97. The van der Waals surface area contributed by atoms with E-state index < -0.39 is 0 Å². The van der Waals surface area contributed by atoms with Gasteiger partial charge in [-0.3, -0.25) is 9.59 Å². The number of nitrogens with zero attached hydrogens (tertiary/aromatic N) is 1. The van der Waals surface area contributed by atoms with E-state index in [2.05, 4.69) is 5.32 Å². The van der Waals surface area contributed by atoms with Crippen LogP contribution in [0.15, 0.2) is 0 Å². The number of amides is 2. The number of carbonyl (C=O) groups excluding carboxylic acids is 2. The molecule has 1 saturated heterocycles. The molecule has 2 amide bonds. The molecule has 4 heteroatoms. The number of hydrogen-bond donors (Lipinski definition) is 1. The van der Waals surface area contributed by atoms with Gasteiger partial charge in [0.2, 0.25) is 11.8 Å². The SMILES string of the molecule is CCC1C(=O)NC(C(C)C)C(=O)N1CCC1CCC1. The summed E-state index contributed by atoms with van der Waals surface area (Å²) >= 11 is 0. The van der Waals surface area contributed by atoms with Gasteiger partial charge in [-0.15, -0.1) is 0 Å². The van der Waals surface area contributed by atoms with Gasteiger partial charge in [0, 0.05) is 6.54 Å². The molecule has 0 aromatic carbocycles. The molecular formula is C15H26N2O2. The van der Waals surface area contributed by atoms with E-state index in [0.717, 1.165) is 18.9 Å². The van der Waals surface area contributed by atoms with Crippen LogP contribution in [0.4, 0.5) is 0 Å². The maximum absolute atomic E-state index is 12.5. The summed E-state index contributed by atoms with van der Waals surface area (Å²) < 4.78 is 0. The summed E-state index contributed by atoms with van der Waals surface area (Å²) in [5.41, 5.74) is 0. The molecule has 1 aliphatic heterocycles. The lowest BCUT2D eigenvalue weighted by atomic mass is 9.82. The Labute approximate surface area is 115 Å². The number of rotatable bonds is 5. The molecular weight excluding hydrogens is 240 g/mol. The molecule has 19 heavy (non-hydrogen) atoms. The van der Waals surface area contributed by atoms with Gasteiger partial charge in [0.05, 0.1) is 0 Å². The summed E-state index contributed by atoms with van der Waals surface area (Å²) in [5.74, 6) is 1.06. The van der Waals surface area contributed by atoms with Gasteiger partial charge in [-0.05, 0) is 24.7 Å². The zero-order valence-corrected chi connectivity index (χ0v) is 12.3. The van der Waals surface area contributed by atoms with E-state index in [0.29, 0.717) is 6.42 Å². The van der Waals surface area contributed by atoms with E-state index in [1.165, 1.54) is 19.3 Å². The number of piperazine rings is 1. The third-order valence-electron chi connectivity index (χ3n) is 4.58. The molecule has 0 spiro atoms. The van der Waals surface area contributed by atoms with Crippen molar-refractivity contribution < 1.29 is 9.59 Å². The maximum atomic E-state index is 12.5. The van der Waals surface area contributed by atoms with Gasteiger partial charge in [-0.25, -0.2) is 0 Å². The van der Waals surface area contributed by atoms with Crippen molar-refractivity contribution in [3.05, 3.63) is 0 Å². The number of hydrogen-bond acceptors (Lipinski definition) is 2. The van der Waals surface area contributed by atoms with Crippen molar-refractivity contribution in [1.82, 2.24) is 10.2 Å². The third kappa shape index (κ3) is 2.93. The van der Waals surface area contributed by atoms with Crippen LogP contribution in [0.5, 0.6) is 0 Å². The predicted molar refractivity (Wildman–Crippen MR) is 74.5 cm³/mol. The predicted octanol–water partition coefficient (Wildman–Crippen LogP) is 1.94. The average Bonchev–Trinajstić information content (AvgIpc) is 2.30. The lowest BCUT2D eigenvalue weighted by Crippen LogP contribution is -2.64. The van der Waals surface area contributed by atoms with Crippen LogP contribution in [-0.2, 0) is 9.59 Å². The molecule has 2 atom stereocenters. The zero-order chi connectivity index (χ0) is 14.0. The molecule has 0 aromatic rings. The van der Waals surface area contributed by atoms with Crippen LogP contribution in [0.25, 0.3) is 0 Å². The first-order valence-corrected chi connectivity index (χ1v) is 7.65. The van der Waals surface area contributed by atoms with Crippen LogP contribution in [0.2, 0.25) is 0 Å². The van der Waals surface area contributed by atoms with Crippen LogP contribution in [0.1, 0.15) is 52.9 Å². The smallest absolute Gasteiger partial charge is 0.246 e. The third-order valence-corrected chi connectivity index (χ3v) is 4.58. The highest BCUT2D eigenvalue weighted by Crippen LogP contribution is 2.30. The Morgan fingerprint density at radius 2 is 2.00 bits per heavy atom. The standard InChI is InChI=1S/C15H26N2O2/c1-4-12-14(18)16-13(10(2)3)15(19)17(12)9-8-11-6-5-7-11/h10-13H,4-9H2,1-3H3,(H,16,18). The molecule has 1 N–H and O–H groups in total. The molecule has 0 aromatic heterocycles. The van der Waals surface area contributed by atoms with Crippen molar-refractivity contribution in [3.8, 4) is 0 Å². The summed E-state index contributed by atoms with van der Waals surface area (Å²) in [5, 5.41) is 2.88. The second-order valence-corrected chi connectivity index (χ2v) is 6.27. The Morgan fingerprint density at radius 1 is 1.32 bits per heavy atom. The minimum atomic E-state index is -0.336. The Kier molecular flexibility index (Phi) is 4.48. The van der Waals surface area contributed by atoms with Crippen LogP contribution in [-0.4, -0.2) is 35.3 Å². The Hall–Kier alpha value is -1.06. The fraction of sp³-hybridized carbons (Fsp3) is 0.867. The molecule has 108 valence electrons. The van der Waals surface area contributed by atoms with Crippen LogP contribution >= 0.6 is 0 Å². The summed E-state index contributed by atoms with van der Waals surface area (Å²) in [7, 11) is 0. The van der Waals surface area contributed by atoms with Crippen LogP contribution in [0, 0.1) is 11.8 Å². The van der Waals surface area contributed by atoms with Gasteiger partial charge in [-0.1, -0.05) is 40.0 Å². The zero-order valence-electron chi connectivity index (χ0n) is 12.3. The summed E-state index contributed by atoms with van der Waals surface area (Å²) in [6, 6.07) is -0.598. The molecule has 2 rings (SSSR count). The van der Waals surface area contributed by atoms with Crippen molar-refractivity contribution in [3.63, 3.8) is 0 Å². The summed E-state index contributed by atoms with van der Waals surface area (Å²) in [6.45, 7) is 6.70. The quantitative estimate of drug-likeness (QED) is 0.826. The van der Waals surface area contributed by atoms with E-state index in [1.807, 2.05) is 25.7 Å². The van der Waals surface area contributed by atoms with Gasteiger partial charge in [-0.2, -0.15) is 0 Å². The Bertz CT molecular complexity index is 350. The van der Waals surface area contributed by atoms with Crippen LogP contribution in [0.3, 0.4) is 0 Å². The van der Waals surface area contributed by atoms with Crippen molar-refractivity contribution in [2.45, 2.75) is 65.0 Å². The fourth-order valence-electron chi connectivity index (χ4n) is 3.01. The maximum Gasteiger partial charge on any atom is 0.246 e. The van der Waals surface area contributed by atoms with Crippen molar-refractivity contribution in [2.75, 3.05) is 6.54 Å². The monoisotopic (exact) mass is 266 g/mol. The Balaban J connectivity index is 2.04. The van der Waals surface area contributed by atoms with E-state index in [4.69, 9.17) is 0 Å². The molecule has 4 nitrogen and oxygen atoms in total. The van der Waals surface area contributed by atoms with Gasteiger partial charge < -0.3 is 10.2 Å². The number of carbonyl (C=O) groups is 2. The second-order valence-electron chi connectivity index (χ2n) is 6.27. The lowest BCUT2D eigenvalue weighted by Gasteiger charge is -2.41. The van der Waals surface area contributed by atoms with Crippen molar-refractivity contribution in [2.24, 2.45) is 11.8 Å². The molecule has 1 heterocycles. The van der Waals surface area contributed by atoms with E-state index >= 15 is 0 Å². The lowest BCUT2D eigenvalue weighted by molar-refractivity contribution is -0.151. The molecule has 0 bridgehead atoms. The first-order chi connectivity index (χ1) is 9.04. The van der Waals surface area contributed by atoms with E-state index in [-0.39, 0.29) is 29.8 Å². The highest BCUT2D eigenvalue weighted by Gasteiger charge is 2.40. The molecule has 1 saturated carbocycles. The van der Waals surface area contributed by atoms with Crippen molar-refractivity contribution in [1.29, 1.82) is 0 Å². The van der Waals surface area contributed by atoms with Crippen molar-refractivity contribution >= 4 is 11.8 Å². The second kappa shape index (κ2) is 5.93. The fourth-order valence-corrected chi connectivity index (χ4v) is 3.01. The van der Waals surface area contributed by atoms with Gasteiger partial charge in [0.1, 0.15) is 12.1 Å². The Morgan fingerprint density at radius 3 is 2.47 bits per heavy atom. The normalized spacial score (nSPS) is 28.5. The van der Waals surface area contributed by atoms with E-state index in [1.54, 1.807) is 0 Å². The number of nitrogens with one attached hydrogen (secondary N) is 1. The molecule has 2 unspecified atom stereocenters. The minimum absolute atomic E-state index is 0.0226. The molecule has 0 radical (unpaired) electrons. The van der Waals surface area contributed by atoms with Crippen LogP contribution < -0.4 is 5.32 Å². The summed E-state index contributed by atoms with van der Waals surface area (Å²) in [6.07, 6.45) is 5.66.